The lowest BCUT2D eigenvalue weighted by Gasteiger charge is -2.12. The molecule has 2 N–H and O–H groups in total. The minimum absolute atomic E-state index is 0.0726. The van der Waals surface area contributed by atoms with Crippen LogP contribution in [0.1, 0.15) is 10.4 Å². The third-order valence-corrected chi connectivity index (χ3v) is 2.13. The van der Waals surface area contributed by atoms with E-state index in [1.807, 2.05) is 0 Å². The topological polar surface area (TPSA) is 93.1 Å². The molecule has 0 aliphatic carbocycles. The molecule has 0 aromatic heterocycles. The summed E-state index contributed by atoms with van der Waals surface area (Å²) in [7, 11) is 0. The third kappa shape index (κ3) is 5.22. The number of ether oxygens (including phenoxy) is 2. The highest BCUT2D eigenvalue weighted by molar-refractivity contribution is 5.87. The fourth-order valence-corrected chi connectivity index (χ4v) is 1.17. The second-order valence-electron chi connectivity index (χ2n) is 3.63. The summed E-state index contributed by atoms with van der Waals surface area (Å²) < 4.78 is 9.84. The first-order valence-corrected chi connectivity index (χ1v) is 5.46. The van der Waals surface area contributed by atoms with Crippen molar-refractivity contribution in [3.63, 3.8) is 0 Å². The molecule has 0 saturated heterocycles. The maximum Gasteiger partial charge on any atom is 0.335 e. The van der Waals surface area contributed by atoms with E-state index in [2.05, 4.69) is 11.3 Å². The fraction of sp³-hybridized carbons (Fsp3) is 0.231. The third-order valence-electron chi connectivity index (χ3n) is 2.13. The summed E-state index contributed by atoms with van der Waals surface area (Å²) in [6, 6.07) is 5.74. The van der Waals surface area contributed by atoms with Crippen molar-refractivity contribution >= 4 is 11.9 Å². The van der Waals surface area contributed by atoms with Crippen LogP contribution in [-0.2, 0) is 9.53 Å². The van der Waals surface area contributed by atoms with E-state index in [1.165, 1.54) is 24.3 Å². The van der Waals surface area contributed by atoms with E-state index in [-0.39, 0.29) is 18.8 Å². The normalized spacial score (nSPS) is 11.4. The Hall–Kier alpha value is -2.34. The Labute approximate surface area is 109 Å². The maximum absolute atomic E-state index is 10.7. The first kappa shape index (κ1) is 14.7. The van der Waals surface area contributed by atoms with Crippen LogP contribution in [0.25, 0.3) is 0 Å². The van der Waals surface area contributed by atoms with Crippen LogP contribution in [0, 0.1) is 0 Å². The Morgan fingerprint density at radius 2 is 1.89 bits per heavy atom. The molecule has 0 radical (unpaired) electrons. The number of hydrogen-bond acceptors (Lipinski definition) is 5. The molecule has 0 fully saturated rings. The van der Waals surface area contributed by atoms with E-state index in [4.69, 9.17) is 9.84 Å². The highest BCUT2D eigenvalue weighted by Crippen LogP contribution is 2.12. The first-order chi connectivity index (χ1) is 9.02. The van der Waals surface area contributed by atoms with Gasteiger partial charge in [0.15, 0.2) is 0 Å². The second-order valence-corrected chi connectivity index (χ2v) is 3.63. The van der Waals surface area contributed by atoms with Gasteiger partial charge in [0.25, 0.3) is 0 Å². The van der Waals surface area contributed by atoms with E-state index in [0.29, 0.717) is 5.75 Å². The van der Waals surface area contributed by atoms with Crippen LogP contribution in [0.4, 0.5) is 0 Å². The number of carboxylic acids is 1. The number of rotatable bonds is 7. The van der Waals surface area contributed by atoms with Gasteiger partial charge in [-0.15, -0.1) is 0 Å². The van der Waals surface area contributed by atoms with Gasteiger partial charge >= 0.3 is 11.9 Å². The van der Waals surface area contributed by atoms with Crippen molar-refractivity contribution in [2.75, 3.05) is 13.2 Å². The summed E-state index contributed by atoms with van der Waals surface area (Å²) in [5, 5.41) is 18.2. The molecule has 0 saturated carbocycles. The van der Waals surface area contributed by atoms with Gasteiger partial charge in [0.1, 0.15) is 25.1 Å². The molecule has 19 heavy (non-hydrogen) atoms. The van der Waals surface area contributed by atoms with Gasteiger partial charge in [0.2, 0.25) is 0 Å². The van der Waals surface area contributed by atoms with Crippen molar-refractivity contribution in [1.29, 1.82) is 0 Å². The van der Waals surface area contributed by atoms with E-state index in [0.717, 1.165) is 6.08 Å². The monoisotopic (exact) mass is 266 g/mol. The number of carbonyl (C=O) groups excluding carboxylic acids is 1. The molecule has 0 aliphatic rings. The average molecular weight is 266 g/mol. The van der Waals surface area contributed by atoms with Gasteiger partial charge in [-0.3, -0.25) is 0 Å². The van der Waals surface area contributed by atoms with E-state index >= 15 is 0 Å². The number of esters is 1. The van der Waals surface area contributed by atoms with Crippen LogP contribution < -0.4 is 4.74 Å². The number of benzene rings is 1. The Balaban J connectivity index is 2.37. The summed E-state index contributed by atoms with van der Waals surface area (Å²) in [5.74, 6) is -1.23. The predicted octanol–water partition coefficient (Wildman–Crippen LogP) is 0.854. The summed E-state index contributed by atoms with van der Waals surface area (Å²) in [6.45, 7) is 2.95. The zero-order valence-corrected chi connectivity index (χ0v) is 10.1. The molecule has 0 amide bonds. The lowest BCUT2D eigenvalue weighted by molar-refractivity contribution is -0.141. The van der Waals surface area contributed by atoms with Gasteiger partial charge in [-0.1, -0.05) is 6.58 Å². The van der Waals surface area contributed by atoms with Crippen molar-refractivity contribution in [2.45, 2.75) is 6.10 Å². The molecule has 1 atom stereocenters. The Morgan fingerprint density at radius 3 is 2.42 bits per heavy atom. The van der Waals surface area contributed by atoms with E-state index < -0.39 is 18.0 Å². The molecule has 1 unspecified atom stereocenters. The van der Waals surface area contributed by atoms with Crippen molar-refractivity contribution in [1.82, 2.24) is 0 Å². The van der Waals surface area contributed by atoms with Gasteiger partial charge in [-0.25, -0.2) is 9.59 Å². The van der Waals surface area contributed by atoms with Gasteiger partial charge in [0, 0.05) is 6.08 Å². The van der Waals surface area contributed by atoms with E-state index in [1.54, 1.807) is 0 Å². The number of hydrogen-bond donors (Lipinski definition) is 2. The van der Waals surface area contributed by atoms with Crippen molar-refractivity contribution < 1.29 is 29.3 Å². The quantitative estimate of drug-likeness (QED) is 0.561. The molecule has 0 heterocycles. The summed E-state index contributed by atoms with van der Waals surface area (Å²) in [4.78, 5) is 21.4. The first-order valence-electron chi connectivity index (χ1n) is 5.46. The van der Waals surface area contributed by atoms with Crippen LogP contribution in [0.2, 0.25) is 0 Å². The Morgan fingerprint density at radius 1 is 1.26 bits per heavy atom. The zero-order valence-electron chi connectivity index (χ0n) is 10.1. The highest BCUT2D eigenvalue weighted by atomic mass is 16.5. The van der Waals surface area contributed by atoms with Crippen LogP contribution in [0.15, 0.2) is 36.9 Å². The van der Waals surface area contributed by atoms with Gasteiger partial charge in [-0.05, 0) is 24.3 Å². The van der Waals surface area contributed by atoms with Gasteiger partial charge < -0.3 is 19.7 Å². The molecule has 0 aliphatic heterocycles. The number of carboxylic acid groups (broad SMARTS) is 1. The maximum atomic E-state index is 10.7. The van der Waals surface area contributed by atoms with E-state index in [9.17, 15) is 14.7 Å². The van der Waals surface area contributed by atoms with Crippen LogP contribution in [0.5, 0.6) is 5.75 Å². The molecular formula is C13H14O6. The number of carbonyl (C=O) groups is 2. The van der Waals surface area contributed by atoms with Crippen molar-refractivity contribution in [2.24, 2.45) is 0 Å². The predicted molar refractivity (Wildman–Crippen MR) is 66.1 cm³/mol. The lowest BCUT2D eigenvalue weighted by atomic mass is 10.2. The SMILES string of the molecule is C=CC(=O)OCC(O)COc1ccc(C(=O)O)cc1. The molecule has 102 valence electrons. The smallest absolute Gasteiger partial charge is 0.335 e. The van der Waals surface area contributed by atoms with Crippen LogP contribution in [0.3, 0.4) is 0 Å². The van der Waals surface area contributed by atoms with Crippen molar-refractivity contribution in [3.8, 4) is 5.75 Å². The largest absolute Gasteiger partial charge is 0.491 e. The highest BCUT2D eigenvalue weighted by Gasteiger charge is 2.08. The zero-order chi connectivity index (χ0) is 14.3. The molecule has 6 heteroatoms. The average Bonchev–Trinajstić information content (AvgIpc) is 2.42. The summed E-state index contributed by atoms with van der Waals surface area (Å²) in [6.07, 6.45) is 0.0288. The van der Waals surface area contributed by atoms with Gasteiger partial charge in [0.05, 0.1) is 5.56 Å². The van der Waals surface area contributed by atoms with Gasteiger partial charge in [-0.2, -0.15) is 0 Å². The Kier molecular flexibility index (Phi) is 5.56. The number of aliphatic hydroxyl groups is 1. The molecule has 0 spiro atoms. The number of aliphatic hydroxyl groups excluding tert-OH is 1. The molecular weight excluding hydrogens is 252 g/mol. The summed E-state index contributed by atoms with van der Waals surface area (Å²) in [5.41, 5.74) is 0.146. The molecule has 0 bridgehead atoms. The standard InChI is InChI=1S/C13H14O6/c1-2-12(15)19-8-10(14)7-18-11-5-3-9(4-6-11)13(16)17/h2-6,10,14H,1,7-8H2,(H,16,17). The van der Waals surface area contributed by atoms with Crippen molar-refractivity contribution in [3.05, 3.63) is 42.5 Å². The molecule has 1 aromatic rings. The minimum atomic E-state index is -1.03. The Bertz CT molecular complexity index is 451. The van der Waals surface area contributed by atoms with Crippen LogP contribution in [-0.4, -0.2) is 41.5 Å². The fourth-order valence-electron chi connectivity index (χ4n) is 1.17. The lowest BCUT2D eigenvalue weighted by Crippen LogP contribution is -2.24. The minimum Gasteiger partial charge on any atom is -0.491 e. The molecule has 1 rings (SSSR count). The number of aromatic carboxylic acids is 1. The second kappa shape index (κ2) is 7.17. The summed E-state index contributed by atoms with van der Waals surface area (Å²) >= 11 is 0. The molecule has 6 nitrogen and oxygen atoms in total. The van der Waals surface area contributed by atoms with Crippen LogP contribution >= 0.6 is 0 Å². The molecule has 1 aromatic carbocycles.